The van der Waals surface area contributed by atoms with Crippen molar-refractivity contribution < 1.29 is 9.47 Å². The van der Waals surface area contributed by atoms with Crippen LogP contribution in [0.5, 0.6) is 11.5 Å². The minimum Gasteiger partial charge on any atom is -0.493 e. The van der Waals surface area contributed by atoms with Crippen LogP contribution in [0.3, 0.4) is 0 Å². The number of benzene rings is 1. The van der Waals surface area contributed by atoms with Gasteiger partial charge in [-0.3, -0.25) is 4.99 Å². The zero-order valence-electron chi connectivity index (χ0n) is 16.1. The number of piperidine rings is 1. The van der Waals surface area contributed by atoms with Gasteiger partial charge in [0.2, 0.25) is 0 Å². The zero-order chi connectivity index (χ0) is 18.2. The van der Waals surface area contributed by atoms with Gasteiger partial charge in [-0.25, -0.2) is 0 Å². The molecule has 140 valence electrons. The second-order valence-electron chi connectivity index (χ2n) is 6.74. The van der Waals surface area contributed by atoms with Crippen molar-refractivity contribution in [3.05, 3.63) is 18.2 Å². The molecule has 2 N–H and O–H groups in total. The molecule has 1 fully saturated rings. The summed E-state index contributed by atoms with van der Waals surface area (Å²) in [5, 5.41) is 6.77. The summed E-state index contributed by atoms with van der Waals surface area (Å²) in [6.07, 6.45) is 2.54. The van der Waals surface area contributed by atoms with Crippen molar-refractivity contribution in [3.8, 4) is 11.5 Å². The maximum Gasteiger partial charge on any atom is 0.195 e. The summed E-state index contributed by atoms with van der Waals surface area (Å²) in [5.41, 5.74) is 0.915. The Kier molecular flexibility index (Phi) is 7.37. The van der Waals surface area contributed by atoms with Crippen molar-refractivity contribution >= 4 is 11.6 Å². The van der Waals surface area contributed by atoms with Crippen molar-refractivity contribution in [2.24, 2.45) is 10.9 Å². The molecule has 0 spiro atoms. The average Bonchev–Trinajstić information content (AvgIpc) is 2.65. The lowest BCUT2D eigenvalue weighted by Gasteiger charge is -2.35. The summed E-state index contributed by atoms with van der Waals surface area (Å²) in [6, 6.07) is 6.37. The molecule has 0 bridgehead atoms. The summed E-state index contributed by atoms with van der Waals surface area (Å²) in [4.78, 5) is 6.88. The van der Waals surface area contributed by atoms with Gasteiger partial charge in [0.15, 0.2) is 17.5 Å². The highest BCUT2D eigenvalue weighted by molar-refractivity contribution is 5.93. The highest BCUT2D eigenvalue weighted by Gasteiger charge is 2.21. The first kappa shape index (κ1) is 19.4. The first-order valence-electron chi connectivity index (χ1n) is 9.01. The van der Waals surface area contributed by atoms with E-state index in [-0.39, 0.29) is 0 Å². The maximum atomic E-state index is 5.35. The molecule has 1 heterocycles. The van der Waals surface area contributed by atoms with E-state index in [2.05, 4.69) is 34.4 Å². The number of guanidine groups is 1. The third-order valence-electron chi connectivity index (χ3n) is 4.71. The molecule has 6 heteroatoms. The van der Waals surface area contributed by atoms with Crippen LogP contribution in [-0.2, 0) is 0 Å². The number of nitrogens with zero attached hydrogens (tertiary/aromatic N) is 2. The van der Waals surface area contributed by atoms with Crippen LogP contribution >= 0.6 is 0 Å². The van der Waals surface area contributed by atoms with Crippen LogP contribution in [0.25, 0.3) is 0 Å². The molecule has 1 atom stereocenters. The van der Waals surface area contributed by atoms with Crippen LogP contribution in [0.4, 0.5) is 5.69 Å². The number of anilines is 1. The van der Waals surface area contributed by atoms with E-state index in [0.29, 0.717) is 23.5 Å². The summed E-state index contributed by atoms with van der Waals surface area (Å²) in [6.45, 7) is 7.84. The van der Waals surface area contributed by atoms with E-state index in [1.54, 1.807) is 21.3 Å². The number of aliphatic imine (C=N–C) groups is 1. The maximum absolute atomic E-state index is 5.35. The highest BCUT2D eigenvalue weighted by atomic mass is 16.5. The van der Waals surface area contributed by atoms with E-state index in [0.717, 1.165) is 24.7 Å². The van der Waals surface area contributed by atoms with Crippen molar-refractivity contribution in [3.63, 3.8) is 0 Å². The lowest BCUT2D eigenvalue weighted by atomic mass is 9.97. The normalized spacial score (nSPS) is 19.0. The third-order valence-corrected chi connectivity index (χ3v) is 4.71. The molecule has 1 aliphatic heterocycles. The van der Waals surface area contributed by atoms with Gasteiger partial charge in [0.05, 0.1) is 14.2 Å². The third kappa shape index (κ3) is 5.53. The minimum atomic E-state index is 0.618. The molecular formula is C19H32N4O2. The fraction of sp³-hybridized carbons (Fsp3) is 0.632. The fourth-order valence-electron chi connectivity index (χ4n) is 3.20. The molecule has 1 saturated heterocycles. The molecule has 1 aliphatic rings. The molecule has 0 amide bonds. The Morgan fingerprint density at radius 2 is 2.04 bits per heavy atom. The molecular weight excluding hydrogens is 316 g/mol. The molecule has 25 heavy (non-hydrogen) atoms. The number of rotatable bonds is 6. The van der Waals surface area contributed by atoms with E-state index < -0.39 is 0 Å². The first-order chi connectivity index (χ1) is 12.1. The number of nitrogens with one attached hydrogen (secondary N) is 2. The van der Waals surface area contributed by atoms with Gasteiger partial charge in [0, 0.05) is 37.9 Å². The standard InChI is InChI=1S/C19H32N4O2/c1-14(2)23-10-6-7-15(13-23)12-21-19(20-3)22-16-8-9-17(24-4)18(11-16)25-5/h8-9,11,14-15H,6-7,10,12-13H2,1-5H3,(H2,20,21,22). The molecule has 0 aromatic heterocycles. The predicted molar refractivity (Wildman–Crippen MR) is 104 cm³/mol. The Hall–Kier alpha value is -1.95. The van der Waals surface area contributed by atoms with E-state index in [9.17, 15) is 0 Å². The van der Waals surface area contributed by atoms with E-state index >= 15 is 0 Å². The molecule has 0 radical (unpaired) electrons. The molecule has 1 aromatic rings. The number of ether oxygens (including phenoxy) is 2. The van der Waals surface area contributed by atoms with Crippen molar-refractivity contribution in [2.45, 2.75) is 32.7 Å². The molecule has 6 nitrogen and oxygen atoms in total. The van der Waals surface area contributed by atoms with Gasteiger partial charge in [-0.15, -0.1) is 0 Å². The van der Waals surface area contributed by atoms with Crippen molar-refractivity contribution in [1.82, 2.24) is 10.2 Å². The second-order valence-corrected chi connectivity index (χ2v) is 6.74. The van der Waals surface area contributed by atoms with Crippen LogP contribution in [0, 0.1) is 5.92 Å². The van der Waals surface area contributed by atoms with Crippen LogP contribution in [0.2, 0.25) is 0 Å². The second kappa shape index (κ2) is 9.51. The van der Waals surface area contributed by atoms with Crippen LogP contribution in [-0.4, -0.2) is 57.8 Å². The van der Waals surface area contributed by atoms with Gasteiger partial charge >= 0.3 is 0 Å². The quantitative estimate of drug-likeness (QED) is 0.611. The van der Waals surface area contributed by atoms with Gasteiger partial charge < -0.3 is 25.0 Å². The van der Waals surface area contributed by atoms with Gasteiger partial charge in [-0.05, 0) is 51.3 Å². The SMILES string of the molecule is CN=C(NCC1CCCN(C(C)C)C1)Nc1ccc(OC)c(OC)c1. The number of hydrogen-bond acceptors (Lipinski definition) is 4. The summed E-state index contributed by atoms with van der Waals surface area (Å²) in [5.74, 6) is 2.84. The summed E-state index contributed by atoms with van der Waals surface area (Å²) < 4.78 is 10.6. The number of methoxy groups -OCH3 is 2. The fourth-order valence-corrected chi connectivity index (χ4v) is 3.20. The smallest absolute Gasteiger partial charge is 0.195 e. The van der Waals surface area contributed by atoms with Gasteiger partial charge in [0.25, 0.3) is 0 Å². The molecule has 1 unspecified atom stereocenters. The first-order valence-corrected chi connectivity index (χ1v) is 9.01. The Labute approximate surface area is 151 Å². The Balaban J connectivity index is 1.90. The van der Waals surface area contributed by atoms with Gasteiger partial charge in [0.1, 0.15) is 0 Å². The minimum absolute atomic E-state index is 0.618. The highest BCUT2D eigenvalue weighted by Crippen LogP contribution is 2.29. The van der Waals surface area contributed by atoms with Gasteiger partial charge in [-0.1, -0.05) is 0 Å². The lowest BCUT2D eigenvalue weighted by molar-refractivity contribution is 0.141. The molecule has 1 aromatic carbocycles. The Morgan fingerprint density at radius 1 is 1.28 bits per heavy atom. The predicted octanol–water partition coefficient (Wildman–Crippen LogP) is 2.81. The average molecular weight is 348 g/mol. The molecule has 0 aliphatic carbocycles. The van der Waals surface area contributed by atoms with E-state index in [4.69, 9.17) is 9.47 Å². The van der Waals surface area contributed by atoms with Crippen LogP contribution in [0.1, 0.15) is 26.7 Å². The number of likely N-dealkylation sites (tertiary alicyclic amines) is 1. The van der Waals surface area contributed by atoms with Crippen LogP contribution in [0.15, 0.2) is 23.2 Å². The summed E-state index contributed by atoms with van der Waals surface area (Å²) >= 11 is 0. The van der Waals surface area contributed by atoms with Crippen molar-refractivity contribution in [2.75, 3.05) is 46.2 Å². The largest absolute Gasteiger partial charge is 0.493 e. The monoisotopic (exact) mass is 348 g/mol. The van der Waals surface area contributed by atoms with Crippen LogP contribution < -0.4 is 20.1 Å². The Bertz CT molecular complexity index is 575. The Morgan fingerprint density at radius 3 is 2.68 bits per heavy atom. The molecule has 0 saturated carbocycles. The lowest BCUT2D eigenvalue weighted by Crippen LogP contribution is -2.44. The number of hydrogen-bond donors (Lipinski definition) is 2. The van der Waals surface area contributed by atoms with Gasteiger partial charge in [-0.2, -0.15) is 0 Å². The van der Waals surface area contributed by atoms with E-state index in [1.807, 2.05) is 18.2 Å². The summed E-state index contributed by atoms with van der Waals surface area (Å²) in [7, 11) is 5.06. The van der Waals surface area contributed by atoms with E-state index in [1.165, 1.54) is 19.4 Å². The van der Waals surface area contributed by atoms with Crippen molar-refractivity contribution in [1.29, 1.82) is 0 Å². The topological polar surface area (TPSA) is 58.1 Å². The zero-order valence-corrected chi connectivity index (χ0v) is 16.1. The molecule has 2 rings (SSSR count).